The lowest BCUT2D eigenvalue weighted by molar-refractivity contribution is 0.573. The molecule has 0 aliphatic carbocycles. The standard InChI is InChI=1S/C13H19Br/c1-4-12(9-14)8-13-6-10(2)5-11(3)7-13/h5-7,12H,4,8-9H2,1-3H3. The summed E-state index contributed by atoms with van der Waals surface area (Å²) in [7, 11) is 0. The smallest absolute Gasteiger partial charge is 0.00627 e. The first-order chi connectivity index (χ1) is 6.65. The fourth-order valence-corrected chi connectivity index (χ4v) is 2.51. The lowest BCUT2D eigenvalue weighted by Crippen LogP contribution is -2.04. The molecule has 1 unspecified atom stereocenters. The monoisotopic (exact) mass is 254 g/mol. The van der Waals surface area contributed by atoms with E-state index >= 15 is 0 Å². The third-order valence-electron chi connectivity index (χ3n) is 2.60. The number of rotatable bonds is 4. The van der Waals surface area contributed by atoms with Gasteiger partial charge in [0.2, 0.25) is 0 Å². The summed E-state index contributed by atoms with van der Waals surface area (Å²) in [5.74, 6) is 0.774. The van der Waals surface area contributed by atoms with E-state index < -0.39 is 0 Å². The molecule has 0 saturated carbocycles. The predicted octanol–water partition coefficient (Wildman–Crippen LogP) is 4.27. The van der Waals surface area contributed by atoms with Crippen LogP contribution in [0.25, 0.3) is 0 Å². The van der Waals surface area contributed by atoms with Crippen molar-refractivity contribution in [3.05, 3.63) is 34.9 Å². The van der Waals surface area contributed by atoms with Gasteiger partial charge in [-0.15, -0.1) is 0 Å². The summed E-state index contributed by atoms with van der Waals surface area (Å²) in [6.45, 7) is 6.60. The maximum absolute atomic E-state index is 3.57. The lowest BCUT2D eigenvalue weighted by Gasteiger charge is -2.12. The van der Waals surface area contributed by atoms with E-state index in [2.05, 4.69) is 54.9 Å². The molecule has 1 heteroatoms. The Morgan fingerprint density at radius 1 is 1.14 bits per heavy atom. The van der Waals surface area contributed by atoms with E-state index in [1.54, 1.807) is 0 Å². The first-order valence-corrected chi connectivity index (χ1v) is 6.41. The summed E-state index contributed by atoms with van der Waals surface area (Å²) in [6, 6.07) is 6.84. The highest BCUT2D eigenvalue weighted by Crippen LogP contribution is 2.17. The fourth-order valence-electron chi connectivity index (χ4n) is 1.83. The minimum absolute atomic E-state index is 0.774. The van der Waals surface area contributed by atoms with Crippen LogP contribution < -0.4 is 0 Å². The van der Waals surface area contributed by atoms with E-state index in [-0.39, 0.29) is 0 Å². The van der Waals surface area contributed by atoms with E-state index in [1.165, 1.54) is 29.5 Å². The Morgan fingerprint density at radius 3 is 2.14 bits per heavy atom. The van der Waals surface area contributed by atoms with Gasteiger partial charge in [-0.25, -0.2) is 0 Å². The lowest BCUT2D eigenvalue weighted by atomic mass is 9.96. The Bertz CT molecular complexity index is 267. The molecule has 0 amide bonds. The van der Waals surface area contributed by atoms with Gasteiger partial charge >= 0.3 is 0 Å². The maximum atomic E-state index is 3.57. The van der Waals surface area contributed by atoms with Gasteiger partial charge in [-0.3, -0.25) is 0 Å². The van der Waals surface area contributed by atoms with Crippen LogP contribution in [0.15, 0.2) is 18.2 Å². The predicted molar refractivity (Wildman–Crippen MR) is 67.2 cm³/mol. The molecular weight excluding hydrogens is 236 g/mol. The highest BCUT2D eigenvalue weighted by molar-refractivity contribution is 9.09. The average molecular weight is 255 g/mol. The molecule has 14 heavy (non-hydrogen) atoms. The molecule has 0 saturated heterocycles. The molecule has 0 radical (unpaired) electrons. The third kappa shape index (κ3) is 3.45. The molecule has 0 bridgehead atoms. The van der Waals surface area contributed by atoms with Crippen LogP contribution >= 0.6 is 15.9 Å². The van der Waals surface area contributed by atoms with Crippen molar-refractivity contribution in [3.63, 3.8) is 0 Å². The van der Waals surface area contributed by atoms with Crippen LogP contribution in [-0.4, -0.2) is 5.33 Å². The molecule has 0 heterocycles. The van der Waals surface area contributed by atoms with Gasteiger partial charge in [0.1, 0.15) is 0 Å². The Hall–Kier alpha value is -0.300. The normalized spacial score (nSPS) is 12.9. The van der Waals surface area contributed by atoms with Crippen LogP contribution in [0.2, 0.25) is 0 Å². The Kier molecular flexibility index (Phi) is 4.67. The van der Waals surface area contributed by atoms with Gasteiger partial charge in [-0.2, -0.15) is 0 Å². The second-order valence-electron chi connectivity index (χ2n) is 4.13. The number of halogens is 1. The zero-order chi connectivity index (χ0) is 10.6. The molecule has 0 aromatic heterocycles. The molecule has 1 aromatic rings. The molecule has 0 N–H and O–H groups in total. The first kappa shape index (κ1) is 11.8. The van der Waals surface area contributed by atoms with Crippen molar-refractivity contribution in [3.8, 4) is 0 Å². The van der Waals surface area contributed by atoms with Crippen molar-refractivity contribution >= 4 is 15.9 Å². The Labute approximate surface area is 95.9 Å². The molecule has 0 aliphatic rings. The van der Waals surface area contributed by atoms with Crippen LogP contribution in [0.3, 0.4) is 0 Å². The minimum atomic E-state index is 0.774. The van der Waals surface area contributed by atoms with E-state index in [1.807, 2.05) is 0 Å². The summed E-state index contributed by atoms with van der Waals surface area (Å²) in [6.07, 6.45) is 2.45. The van der Waals surface area contributed by atoms with Gasteiger partial charge in [0, 0.05) is 5.33 Å². The van der Waals surface area contributed by atoms with Crippen molar-refractivity contribution in [2.24, 2.45) is 5.92 Å². The largest absolute Gasteiger partial charge is 0.0925 e. The number of hydrogen-bond acceptors (Lipinski definition) is 0. The quantitative estimate of drug-likeness (QED) is 0.705. The van der Waals surface area contributed by atoms with Crippen molar-refractivity contribution in [2.75, 3.05) is 5.33 Å². The fraction of sp³-hybridized carbons (Fsp3) is 0.538. The van der Waals surface area contributed by atoms with Gasteiger partial charge < -0.3 is 0 Å². The van der Waals surface area contributed by atoms with E-state index in [0.717, 1.165) is 11.2 Å². The zero-order valence-corrected chi connectivity index (χ0v) is 10.9. The summed E-state index contributed by atoms with van der Waals surface area (Å²) in [5, 5.41) is 1.11. The van der Waals surface area contributed by atoms with E-state index in [9.17, 15) is 0 Å². The molecule has 1 atom stereocenters. The van der Waals surface area contributed by atoms with E-state index in [4.69, 9.17) is 0 Å². The Balaban J connectivity index is 2.75. The van der Waals surface area contributed by atoms with E-state index in [0.29, 0.717) is 0 Å². The van der Waals surface area contributed by atoms with Crippen molar-refractivity contribution in [1.82, 2.24) is 0 Å². The summed E-state index contributed by atoms with van der Waals surface area (Å²) in [4.78, 5) is 0. The van der Waals surface area contributed by atoms with Crippen LogP contribution in [0, 0.1) is 19.8 Å². The maximum Gasteiger partial charge on any atom is 0.00627 e. The minimum Gasteiger partial charge on any atom is -0.0925 e. The molecule has 78 valence electrons. The molecular formula is C13H19Br. The number of benzene rings is 1. The van der Waals surface area contributed by atoms with Gasteiger partial charge in [0.15, 0.2) is 0 Å². The van der Waals surface area contributed by atoms with Gasteiger partial charge in [-0.05, 0) is 31.7 Å². The van der Waals surface area contributed by atoms with Crippen molar-refractivity contribution in [1.29, 1.82) is 0 Å². The van der Waals surface area contributed by atoms with Crippen LogP contribution in [-0.2, 0) is 6.42 Å². The topological polar surface area (TPSA) is 0 Å². The van der Waals surface area contributed by atoms with Crippen LogP contribution in [0.5, 0.6) is 0 Å². The molecule has 0 spiro atoms. The first-order valence-electron chi connectivity index (χ1n) is 5.28. The molecule has 0 fully saturated rings. The summed E-state index contributed by atoms with van der Waals surface area (Å²) in [5.41, 5.74) is 4.24. The number of alkyl halides is 1. The SMILES string of the molecule is CCC(CBr)Cc1cc(C)cc(C)c1. The van der Waals surface area contributed by atoms with Crippen molar-refractivity contribution in [2.45, 2.75) is 33.6 Å². The average Bonchev–Trinajstić information content (AvgIpc) is 2.12. The highest BCUT2D eigenvalue weighted by atomic mass is 79.9. The molecule has 1 aromatic carbocycles. The second-order valence-corrected chi connectivity index (χ2v) is 4.78. The summed E-state index contributed by atoms with van der Waals surface area (Å²) < 4.78 is 0. The number of aryl methyl sites for hydroxylation is 2. The van der Waals surface area contributed by atoms with Crippen LogP contribution in [0.4, 0.5) is 0 Å². The molecule has 0 nitrogen and oxygen atoms in total. The second kappa shape index (κ2) is 5.55. The van der Waals surface area contributed by atoms with Gasteiger partial charge in [-0.1, -0.05) is 58.6 Å². The Morgan fingerprint density at radius 2 is 1.71 bits per heavy atom. The van der Waals surface area contributed by atoms with Crippen LogP contribution in [0.1, 0.15) is 30.0 Å². The molecule has 0 aliphatic heterocycles. The van der Waals surface area contributed by atoms with Gasteiger partial charge in [0.25, 0.3) is 0 Å². The van der Waals surface area contributed by atoms with Gasteiger partial charge in [0.05, 0.1) is 0 Å². The van der Waals surface area contributed by atoms with Crippen molar-refractivity contribution < 1.29 is 0 Å². The highest BCUT2D eigenvalue weighted by Gasteiger charge is 2.06. The third-order valence-corrected chi connectivity index (χ3v) is 3.52. The number of hydrogen-bond donors (Lipinski definition) is 0. The zero-order valence-electron chi connectivity index (χ0n) is 9.31. The molecule has 1 rings (SSSR count). The summed E-state index contributed by atoms with van der Waals surface area (Å²) >= 11 is 3.57.